The Labute approximate surface area is 396 Å². The van der Waals surface area contributed by atoms with Crippen LogP contribution >= 0.6 is 0 Å². The van der Waals surface area contributed by atoms with Gasteiger partial charge in [0.05, 0.1) is 11.0 Å². The molecule has 6 heteroatoms. The summed E-state index contributed by atoms with van der Waals surface area (Å²) in [6, 6.07) is 80.3. The normalized spacial score (nSPS) is 11.8. The average molecular weight is 883 g/mol. The van der Waals surface area contributed by atoms with E-state index in [9.17, 15) is 0 Å². The molecular formula is C63H38N4O2. The average Bonchev–Trinajstić information content (AvgIpc) is 4.11. The Hall–Kier alpha value is -9.39. The van der Waals surface area contributed by atoms with Crippen molar-refractivity contribution in [1.29, 1.82) is 0 Å². The summed E-state index contributed by atoms with van der Waals surface area (Å²) in [5.74, 6) is 1.85. The van der Waals surface area contributed by atoms with E-state index in [1.807, 2.05) is 72.8 Å². The van der Waals surface area contributed by atoms with Crippen molar-refractivity contribution < 1.29 is 8.83 Å². The molecule has 10 aromatic carbocycles. The van der Waals surface area contributed by atoms with E-state index in [0.717, 1.165) is 99.5 Å². The van der Waals surface area contributed by atoms with Crippen molar-refractivity contribution in [2.75, 3.05) is 0 Å². The smallest absolute Gasteiger partial charge is 0.164 e. The number of fused-ring (bicyclic) bond motifs is 9. The van der Waals surface area contributed by atoms with Crippen LogP contribution in [0.1, 0.15) is 0 Å². The van der Waals surface area contributed by atoms with E-state index in [0.29, 0.717) is 17.5 Å². The fraction of sp³-hybridized carbons (Fsp3) is 0. The van der Waals surface area contributed by atoms with E-state index < -0.39 is 0 Å². The topological polar surface area (TPSA) is 69.9 Å². The predicted molar refractivity (Wildman–Crippen MR) is 281 cm³/mol. The highest BCUT2D eigenvalue weighted by Gasteiger charge is 2.22. The Morgan fingerprint density at radius 1 is 0.290 bits per heavy atom. The second kappa shape index (κ2) is 15.6. The first-order valence-electron chi connectivity index (χ1n) is 23.2. The summed E-state index contributed by atoms with van der Waals surface area (Å²) in [4.78, 5) is 15.0. The molecule has 0 saturated carbocycles. The summed E-state index contributed by atoms with van der Waals surface area (Å²) >= 11 is 0. The molecule has 0 N–H and O–H groups in total. The summed E-state index contributed by atoms with van der Waals surface area (Å²) in [5.41, 5.74) is 15.9. The van der Waals surface area contributed by atoms with Crippen LogP contribution in [0.25, 0.3) is 139 Å². The molecule has 0 aliphatic carbocycles. The van der Waals surface area contributed by atoms with Gasteiger partial charge >= 0.3 is 0 Å². The molecule has 14 aromatic rings. The van der Waals surface area contributed by atoms with Crippen molar-refractivity contribution in [3.63, 3.8) is 0 Å². The predicted octanol–water partition coefficient (Wildman–Crippen LogP) is 16.8. The quantitative estimate of drug-likeness (QED) is 0.159. The number of benzene rings is 10. The minimum Gasteiger partial charge on any atom is -0.456 e. The Balaban J connectivity index is 0.907. The lowest BCUT2D eigenvalue weighted by Gasteiger charge is -2.12. The Morgan fingerprint density at radius 3 is 1.64 bits per heavy atom. The lowest BCUT2D eigenvalue weighted by atomic mass is 9.92. The monoisotopic (exact) mass is 882 g/mol. The molecule has 0 aliphatic rings. The zero-order valence-corrected chi connectivity index (χ0v) is 37.0. The summed E-state index contributed by atoms with van der Waals surface area (Å²) < 4.78 is 16.0. The Kier molecular flexibility index (Phi) is 8.79. The van der Waals surface area contributed by atoms with E-state index in [4.69, 9.17) is 23.8 Å². The first kappa shape index (κ1) is 38.8. The number of nitrogens with zero attached hydrogens (tertiary/aromatic N) is 4. The molecule has 0 fully saturated rings. The zero-order chi connectivity index (χ0) is 45.4. The number of aromatic nitrogens is 4. The summed E-state index contributed by atoms with van der Waals surface area (Å²) in [7, 11) is 0. The maximum absolute atomic E-state index is 6.90. The van der Waals surface area contributed by atoms with Gasteiger partial charge in [0.2, 0.25) is 0 Å². The van der Waals surface area contributed by atoms with Crippen molar-refractivity contribution in [3.05, 3.63) is 231 Å². The van der Waals surface area contributed by atoms with Gasteiger partial charge < -0.3 is 13.4 Å². The van der Waals surface area contributed by atoms with Crippen molar-refractivity contribution in [2.24, 2.45) is 0 Å². The fourth-order valence-electron chi connectivity index (χ4n) is 10.3. The molecule has 0 atom stereocenters. The summed E-state index contributed by atoms with van der Waals surface area (Å²) in [6.07, 6.45) is 0. The second-order valence-electron chi connectivity index (χ2n) is 17.5. The van der Waals surface area contributed by atoms with Crippen LogP contribution in [0.15, 0.2) is 239 Å². The maximum atomic E-state index is 6.90. The molecule has 4 heterocycles. The van der Waals surface area contributed by atoms with Gasteiger partial charge in [-0.15, -0.1) is 0 Å². The van der Waals surface area contributed by atoms with Crippen LogP contribution in [0, 0.1) is 0 Å². The molecule has 0 unspecified atom stereocenters. The van der Waals surface area contributed by atoms with E-state index in [2.05, 4.69) is 162 Å². The van der Waals surface area contributed by atoms with Crippen LogP contribution in [-0.4, -0.2) is 19.5 Å². The molecule has 14 rings (SSSR count). The lowest BCUT2D eigenvalue weighted by molar-refractivity contribution is 0.668. The zero-order valence-electron chi connectivity index (χ0n) is 37.0. The van der Waals surface area contributed by atoms with E-state index in [-0.39, 0.29) is 0 Å². The summed E-state index contributed by atoms with van der Waals surface area (Å²) in [5, 5.41) is 6.60. The van der Waals surface area contributed by atoms with Crippen molar-refractivity contribution in [3.8, 4) is 73.2 Å². The van der Waals surface area contributed by atoms with Gasteiger partial charge in [-0.2, -0.15) is 0 Å². The lowest BCUT2D eigenvalue weighted by Crippen LogP contribution is -2.00. The van der Waals surface area contributed by atoms with E-state index in [1.165, 1.54) is 21.9 Å². The Bertz CT molecular complexity index is 4250. The molecule has 0 aliphatic heterocycles. The van der Waals surface area contributed by atoms with Crippen LogP contribution < -0.4 is 0 Å². The molecule has 322 valence electrons. The van der Waals surface area contributed by atoms with Gasteiger partial charge in [0.1, 0.15) is 22.3 Å². The van der Waals surface area contributed by atoms with Gasteiger partial charge in [-0.05, 0) is 82.4 Å². The highest BCUT2D eigenvalue weighted by molar-refractivity contribution is 6.20. The largest absolute Gasteiger partial charge is 0.456 e. The van der Waals surface area contributed by atoms with Crippen molar-refractivity contribution in [2.45, 2.75) is 0 Å². The SMILES string of the molecule is c1ccc(-c2ccc3c(c2)c2ccccc2n3-c2ccc3c(c2)oc2cccc(-c4ccc(-c5cccc(-c6nc(-c7ccccc7)nc(-c7ccccc7)n6)c5)c5c4oc4ccccc45)c23)cc1. The molecule has 0 saturated heterocycles. The molecule has 0 spiro atoms. The third kappa shape index (κ3) is 6.38. The summed E-state index contributed by atoms with van der Waals surface area (Å²) in [6.45, 7) is 0. The van der Waals surface area contributed by atoms with E-state index >= 15 is 0 Å². The van der Waals surface area contributed by atoms with Crippen LogP contribution in [0.3, 0.4) is 0 Å². The molecule has 0 amide bonds. The maximum Gasteiger partial charge on any atom is 0.164 e. The van der Waals surface area contributed by atoms with Gasteiger partial charge in [0.15, 0.2) is 17.5 Å². The Morgan fingerprint density at radius 2 is 0.870 bits per heavy atom. The second-order valence-corrected chi connectivity index (χ2v) is 17.5. The van der Waals surface area contributed by atoms with Crippen LogP contribution in [-0.2, 0) is 0 Å². The third-order valence-corrected chi connectivity index (χ3v) is 13.5. The molecule has 69 heavy (non-hydrogen) atoms. The van der Waals surface area contributed by atoms with Crippen LogP contribution in [0.2, 0.25) is 0 Å². The van der Waals surface area contributed by atoms with E-state index in [1.54, 1.807) is 0 Å². The number of hydrogen-bond donors (Lipinski definition) is 0. The van der Waals surface area contributed by atoms with Crippen molar-refractivity contribution >= 4 is 65.7 Å². The highest BCUT2D eigenvalue weighted by Crippen LogP contribution is 2.46. The van der Waals surface area contributed by atoms with Gasteiger partial charge in [-0.3, -0.25) is 0 Å². The standard InChI is InChI=1S/C63H38N4O2/c1-4-16-39(17-5-1)42-30-35-54-52(37-42)47-24-10-12-27-53(47)67(54)45-31-32-51-57(38-45)68-56-29-15-26-48(58(51)56)49-34-33-46(59-50-25-11-13-28-55(50)69-60(49)59)43-22-14-23-44(36-43)63-65-61(40-18-6-2-7-19-40)64-62(66-63)41-20-8-3-9-21-41/h1-38H. The minimum atomic E-state index is 0.603. The van der Waals surface area contributed by atoms with Gasteiger partial charge in [-0.1, -0.05) is 170 Å². The minimum absolute atomic E-state index is 0.603. The molecule has 6 nitrogen and oxygen atoms in total. The van der Waals surface area contributed by atoms with Crippen LogP contribution in [0.4, 0.5) is 0 Å². The fourth-order valence-corrected chi connectivity index (χ4v) is 10.3. The van der Waals surface area contributed by atoms with Gasteiger partial charge in [0.25, 0.3) is 0 Å². The van der Waals surface area contributed by atoms with Crippen LogP contribution in [0.5, 0.6) is 0 Å². The molecule has 4 aromatic heterocycles. The van der Waals surface area contributed by atoms with Gasteiger partial charge in [-0.25, -0.2) is 15.0 Å². The molecule has 0 bridgehead atoms. The first-order valence-corrected chi connectivity index (χ1v) is 23.2. The number of furan rings is 2. The number of hydrogen-bond acceptors (Lipinski definition) is 5. The highest BCUT2D eigenvalue weighted by atomic mass is 16.3. The molecular weight excluding hydrogens is 845 g/mol. The van der Waals surface area contributed by atoms with Crippen molar-refractivity contribution in [1.82, 2.24) is 19.5 Å². The third-order valence-electron chi connectivity index (χ3n) is 13.5. The number of rotatable bonds is 7. The number of para-hydroxylation sites is 2. The molecule has 0 radical (unpaired) electrons. The van der Waals surface area contributed by atoms with Gasteiger partial charge in [0, 0.05) is 66.3 Å². The first-order chi connectivity index (χ1) is 34.2.